The van der Waals surface area contributed by atoms with Crippen LogP contribution in [-0.4, -0.2) is 25.2 Å². The van der Waals surface area contributed by atoms with Gasteiger partial charge in [-0.2, -0.15) is 0 Å². The van der Waals surface area contributed by atoms with Crippen molar-refractivity contribution in [1.82, 2.24) is 0 Å². The van der Waals surface area contributed by atoms with Gasteiger partial charge >= 0.3 is 11.9 Å². The molecule has 0 fully saturated rings. The largest absolute Gasteiger partial charge is 0.466 e. The van der Waals surface area contributed by atoms with Crippen LogP contribution in [0, 0.1) is 5.41 Å². The lowest BCUT2D eigenvalue weighted by Gasteiger charge is -2.20. The molecule has 0 bridgehead atoms. The van der Waals surface area contributed by atoms with E-state index in [0.29, 0.717) is 13.0 Å². The fourth-order valence-corrected chi connectivity index (χ4v) is 0.969. The fourth-order valence-electron chi connectivity index (χ4n) is 0.969. The number of carbonyl (C=O) groups excluding carboxylic acids is 2. The van der Waals surface area contributed by atoms with Gasteiger partial charge in [-0.1, -0.05) is 20.3 Å². The first-order chi connectivity index (χ1) is 7.94. The zero-order valence-corrected chi connectivity index (χ0v) is 11.4. The van der Waals surface area contributed by atoms with Crippen molar-refractivity contribution in [1.29, 1.82) is 0 Å². The van der Waals surface area contributed by atoms with E-state index < -0.39 is 5.41 Å². The first-order valence-electron chi connectivity index (χ1n) is 6.27. The van der Waals surface area contributed by atoms with Crippen LogP contribution in [0.2, 0.25) is 0 Å². The maximum atomic E-state index is 11.6. The van der Waals surface area contributed by atoms with Gasteiger partial charge in [0.15, 0.2) is 0 Å². The van der Waals surface area contributed by atoms with Crippen LogP contribution in [0.5, 0.6) is 0 Å². The summed E-state index contributed by atoms with van der Waals surface area (Å²) in [5.74, 6) is -0.568. The molecule has 0 aliphatic heterocycles. The molecular weight excluding hydrogens is 220 g/mol. The summed E-state index contributed by atoms with van der Waals surface area (Å²) < 4.78 is 9.98. The number of carbonyl (C=O) groups is 2. The highest BCUT2D eigenvalue weighted by atomic mass is 16.5. The monoisotopic (exact) mass is 244 g/mol. The maximum Gasteiger partial charge on any atom is 0.311 e. The quantitative estimate of drug-likeness (QED) is 0.486. The Kier molecular flexibility index (Phi) is 7.59. The Morgan fingerprint density at radius 2 is 1.71 bits per heavy atom. The Bertz CT molecular complexity index is 246. The second-order valence-electron chi connectivity index (χ2n) is 4.70. The molecule has 0 radical (unpaired) electrons. The topological polar surface area (TPSA) is 52.6 Å². The van der Waals surface area contributed by atoms with Gasteiger partial charge in [0.25, 0.3) is 0 Å². The van der Waals surface area contributed by atoms with Crippen molar-refractivity contribution in [2.75, 3.05) is 13.2 Å². The van der Waals surface area contributed by atoms with E-state index in [0.717, 1.165) is 12.8 Å². The molecule has 0 unspecified atom stereocenters. The van der Waals surface area contributed by atoms with Crippen molar-refractivity contribution >= 4 is 11.9 Å². The van der Waals surface area contributed by atoms with Crippen molar-refractivity contribution in [3.05, 3.63) is 0 Å². The molecule has 0 aromatic carbocycles. The summed E-state index contributed by atoms with van der Waals surface area (Å²) in [4.78, 5) is 22.8. The third kappa shape index (κ3) is 6.97. The average Bonchev–Trinajstić information content (AvgIpc) is 2.29. The highest BCUT2D eigenvalue weighted by Gasteiger charge is 2.27. The van der Waals surface area contributed by atoms with Crippen LogP contribution in [0.3, 0.4) is 0 Å². The summed E-state index contributed by atoms with van der Waals surface area (Å²) in [6.45, 7) is 8.17. The molecule has 4 nitrogen and oxygen atoms in total. The summed E-state index contributed by atoms with van der Waals surface area (Å²) >= 11 is 0. The molecule has 0 aromatic rings. The second-order valence-corrected chi connectivity index (χ2v) is 4.70. The van der Waals surface area contributed by atoms with E-state index in [1.54, 1.807) is 0 Å². The molecule has 0 saturated heterocycles. The van der Waals surface area contributed by atoms with Gasteiger partial charge in [-0.05, 0) is 26.7 Å². The summed E-state index contributed by atoms with van der Waals surface area (Å²) in [5, 5.41) is 0. The minimum atomic E-state index is -0.480. The molecule has 100 valence electrons. The fraction of sp³-hybridized carbons (Fsp3) is 0.846. The van der Waals surface area contributed by atoms with Gasteiger partial charge in [0, 0.05) is 0 Å². The van der Waals surface area contributed by atoms with Gasteiger partial charge in [0.05, 0.1) is 18.4 Å². The highest BCUT2D eigenvalue weighted by Crippen LogP contribution is 2.21. The van der Waals surface area contributed by atoms with Gasteiger partial charge < -0.3 is 9.47 Å². The third-order valence-corrected chi connectivity index (χ3v) is 2.74. The number of hydrogen-bond acceptors (Lipinski definition) is 4. The van der Waals surface area contributed by atoms with Crippen LogP contribution in [-0.2, 0) is 19.1 Å². The smallest absolute Gasteiger partial charge is 0.311 e. The Balaban J connectivity index is 3.70. The molecule has 0 atom stereocenters. The van der Waals surface area contributed by atoms with Crippen LogP contribution >= 0.6 is 0 Å². The number of unbranched alkanes of at least 4 members (excludes halogenated alkanes) is 1. The normalized spacial score (nSPS) is 11.1. The zero-order valence-electron chi connectivity index (χ0n) is 11.4. The van der Waals surface area contributed by atoms with Gasteiger partial charge in [-0.3, -0.25) is 9.59 Å². The van der Waals surface area contributed by atoms with Crippen LogP contribution in [0.25, 0.3) is 0 Å². The molecule has 0 aliphatic rings. The van der Waals surface area contributed by atoms with Crippen molar-refractivity contribution in [2.24, 2.45) is 5.41 Å². The Morgan fingerprint density at radius 1 is 1.06 bits per heavy atom. The lowest BCUT2D eigenvalue weighted by Crippen LogP contribution is -2.26. The van der Waals surface area contributed by atoms with E-state index >= 15 is 0 Å². The number of rotatable bonds is 8. The summed E-state index contributed by atoms with van der Waals surface area (Å²) in [7, 11) is 0. The minimum Gasteiger partial charge on any atom is -0.466 e. The molecule has 0 aliphatic carbocycles. The van der Waals surface area contributed by atoms with Crippen LogP contribution in [0.1, 0.15) is 53.4 Å². The number of esters is 2. The van der Waals surface area contributed by atoms with Gasteiger partial charge in [0.1, 0.15) is 6.61 Å². The third-order valence-electron chi connectivity index (χ3n) is 2.74. The Labute approximate surface area is 104 Å². The SMILES string of the molecule is CCCCOC(=O)CCOC(=O)C(C)(C)CC. The minimum absolute atomic E-state index is 0.104. The van der Waals surface area contributed by atoms with Crippen molar-refractivity contribution in [2.45, 2.75) is 53.4 Å². The first-order valence-corrected chi connectivity index (χ1v) is 6.27. The van der Waals surface area contributed by atoms with Gasteiger partial charge in [-0.25, -0.2) is 0 Å². The predicted octanol–water partition coefficient (Wildman–Crippen LogP) is 2.70. The van der Waals surface area contributed by atoms with Crippen molar-refractivity contribution < 1.29 is 19.1 Å². The molecule has 0 saturated carbocycles. The molecule has 0 N–H and O–H groups in total. The van der Waals surface area contributed by atoms with Gasteiger partial charge in [0.2, 0.25) is 0 Å². The van der Waals surface area contributed by atoms with Crippen LogP contribution in [0.15, 0.2) is 0 Å². The number of ether oxygens (including phenoxy) is 2. The molecule has 17 heavy (non-hydrogen) atoms. The molecular formula is C13H24O4. The molecule has 0 amide bonds. The van der Waals surface area contributed by atoms with Crippen molar-refractivity contribution in [3.8, 4) is 0 Å². The van der Waals surface area contributed by atoms with Crippen molar-refractivity contribution in [3.63, 3.8) is 0 Å². The highest BCUT2D eigenvalue weighted by molar-refractivity contribution is 5.76. The predicted molar refractivity (Wildman–Crippen MR) is 65.5 cm³/mol. The first kappa shape index (κ1) is 15.9. The van der Waals surface area contributed by atoms with Gasteiger partial charge in [-0.15, -0.1) is 0 Å². The van der Waals surface area contributed by atoms with E-state index in [9.17, 15) is 9.59 Å². The van der Waals surface area contributed by atoms with Crippen LogP contribution in [0.4, 0.5) is 0 Å². The summed E-state index contributed by atoms with van der Waals surface area (Å²) in [5.41, 5.74) is -0.480. The lowest BCUT2D eigenvalue weighted by atomic mass is 9.91. The van der Waals surface area contributed by atoms with E-state index in [1.807, 2.05) is 27.7 Å². The molecule has 0 heterocycles. The van der Waals surface area contributed by atoms with E-state index in [-0.39, 0.29) is 25.0 Å². The molecule has 0 rings (SSSR count). The van der Waals surface area contributed by atoms with Crippen LogP contribution < -0.4 is 0 Å². The summed E-state index contributed by atoms with van der Waals surface area (Å²) in [6.07, 6.45) is 2.71. The van der Waals surface area contributed by atoms with E-state index in [2.05, 4.69) is 0 Å². The molecule has 0 aromatic heterocycles. The Morgan fingerprint density at radius 3 is 2.24 bits per heavy atom. The van der Waals surface area contributed by atoms with E-state index in [4.69, 9.17) is 9.47 Å². The Hall–Kier alpha value is -1.06. The molecule has 4 heteroatoms. The maximum absolute atomic E-state index is 11.6. The molecule has 0 spiro atoms. The lowest BCUT2D eigenvalue weighted by molar-refractivity contribution is -0.156. The average molecular weight is 244 g/mol. The van der Waals surface area contributed by atoms with E-state index in [1.165, 1.54) is 0 Å². The summed E-state index contributed by atoms with van der Waals surface area (Å²) in [6, 6.07) is 0. The second kappa shape index (κ2) is 8.09. The number of hydrogen-bond donors (Lipinski definition) is 0. The zero-order chi connectivity index (χ0) is 13.3. The standard InChI is InChI=1S/C13H24O4/c1-5-7-9-16-11(14)8-10-17-12(15)13(3,4)6-2/h5-10H2,1-4H3.